The fourth-order valence-electron chi connectivity index (χ4n) is 0.552. The van der Waals surface area contributed by atoms with Crippen molar-refractivity contribution >= 4 is 11.6 Å². The topological polar surface area (TPSA) is 20.2 Å². The molecule has 0 fully saturated rings. The molecule has 0 heterocycles. The molecule has 0 bridgehead atoms. The molecule has 3 heteroatoms. The van der Waals surface area contributed by atoms with E-state index < -0.39 is 6.17 Å². The van der Waals surface area contributed by atoms with Gasteiger partial charge in [-0.3, -0.25) is 0 Å². The molecule has 0 radical (unpaired) electrons. The number of rotatable bonds is 5. The quantitative estimate of drug-likeness (QED) is 0.472. The molecule has 0 amide bonds. The molecule has 0 aromatic rings. The average molecular weight is 155 g/mol. The predicted molar refractivity (Wildman–Crippen MR) is 36.6 cm³/mol. The van der Waals surface area contributed by atoms with Gasteiger partial charge in [0.15, 0.2) is 0 Å². The molecule has 0 aromatic heterocycles. The van der Waals surface area contributed by atoms with Crippen LogP contribution in [0.25, 0.3) is 0 Å². The lowest BCUT2D eigenvalue weighted by Crippen LogP contribution is -2.05. The van der Waals surface area contributed by atoms with Gasteiger partial charge in [0.1, 0.15) is 6.17 Å². The molecule has 1 nitrogen and oxygen atoms in total. The Morgan fingerprint density at radius 1 is 1.44 bits per heavy atom. The maximum absolute atomic E-state index is 12.2. The summed E-state index contributed by atoms with van der Waals surface area (Å²) in [6, 6.07) is 0. The summed E-state index contributed by atoms with van der Waals surface area (Å²) in [7, 11) is 0. The summed E-state index contributed by atoms with van der Waals surface area (Å²) in [5.74, 6) is 0.581. The van der Waals surface area contributed by atoms with Gasteiger partial charge in [-0.2, -0.15) is 0 Å². The second-order valence-corrected chi connectivity index (χ2v) is 2.34. The van der Waals surface area contributed by atoms with E-state index >= 15 is 0 Å². The minimum atomic E-state index is -1.05. The number of hydrogen-bond acceptors (Lipinski definition) is 1. The maximum atomic E-state index is 12.2. The van der Waals surface area contributed by atoms with E-state index in [2.05, 4.69) is 0 Å². The monoisotopic (exact) mass is 154 g/mol. The summed E-state index contributed by atoms with van der Waals surface area (Å²) in [6.45, 7) is -0.359. The molecule has 1 unspecified atom stereocenters. The van der Waals surface area contributed by atoms with Crippen molar-refractivity contribution in [2.24, 2.45) is 0 Å². The fourth-order valence-corrected chi connectivity index (χ4v) is 0.741. The SMILES string of the molecule is OCC(F)CCCCCl. The van der Waals surface area contributed by atoms with Crippen LogP contribution in [0.2, 0.25) is 0 Å². The van der Waals surface area contributed by atoms with Gasteiger partial charge in [0.25, 0.3) is 0 Å². The van der Waals surface area contributed by atoms with Gasteiger partial charge in [-0.25, -0.2) is 4.39 Å². The summed E-state index contributed by atoms with van der Waals surface area (Å²) in [5, 5.41) is 8.23. The molecule has 0 saturated heterocycles. The van der Waals surface area contributed by atoms with Crippen molar-refractivity contribution in [2.75, 3.05) is 12.5 Å². The first-order valence-corrected chi connectivity index (χ1v) is 3.65. The first-order chi connectivity index (χ1) is 4.31. The van der Waals surface area contributed by atoms with Crippen LogP contribution >= 0.6 is 11.6 Å². The Morgan fingerprint density at radius 2 is 2.11 bits per heavy atom. The predicted octanol–water partition coefficient (Wildman–Crippen LogP) is 1.73. The number of unbranched alkanes of at least 4 members (excludes halogenated alkanes) is 1. The Hall–Kier alpha value is 0.180. The molecule has 0 aliphatic heterocycles. The van der Waals surface area contributed by atoms with E-state index in [0.29, 0.717) is 12.3 Å². The fraction of sp³-hybridized carbons (Fsp3) is 1.00. The Balaban J connectivity index is 2.88. The Labute approximate surface area is 59.8 Å². The maximum Gasteiger partial charge on any atom is 0.123 e. The van der Waals surface area contributed by atoms with Gasteiger partial charge < -0.3 is 5.11 Å². The molecular formula is C6H12ClFO. The number of hydrogen-bond donors (Lipinski definition) is 1. The van der Waals surface area contributed by atoms with E-state index in [-0.39, 0.29) is 6.61 Å². The second kappa shape index (κ2) is 6.30. The lowest BCUT2D eigenvalue weighted by Gasteiger charge is -2.00. The number of aliphatic hydroxyl groups is 1. The van der Waals surface area contributed by atoms with Gasteiger partial charge in [0.2, 0.25) is 0 Å². The molecule has 56 valence electrons. The largest absolute Gasteiger partial charge is 0.393 e. The molecule has 0 rings (SSSR count). The standard InChI is InChI=1S/C6H12ClFO/c7-4-2-1-3-6(8)5-9/h6,9H,1-5H2. The Morgan fingerprint density at radius 3 is 2.56 bits per heavy atom. The van der Waals surface area contributed by atoms with Crippen LogP contribution in [-0.4, -0.2) is 23.8 Å². The van der Waals surface area contributed by atoms with E-state index in [1.807, 2.05) is 0 Å². The van der Waals surface area contributed by atoms with Crippen molar-refractivity contribution in [1.82, 2.24) is 0 Å². The minimum absolute atomic E-state index is 0.359. The third-order valence-corrected chi connectivity index (χ3v) is 1.37. The molecular weight excluding hydrogens is 143 g/mol. The summed E-state index contributed by atoms with van der Waals surface area (Å²) in [6.07, 6.45) is 0.990. The van der Waals surface area contributed by atoms with Gasteiger partial charge in [-0.05, 0) is 19.3 Å². The van der Waals surface area contributed by atoms with Crippen LogP contribution < -0.4 is 0 Å². The van der Waals surface area contributed by atoms with Crippen LogP contribution in [0.1, 0.15) is 19.3 Å². The third kappa shape index (κ3) is 6.06. The van der Waals surface area contributed by atoms with Crippen molar-refractivity contribution in [1.29, 1.82) is 0 Å². The summed E-state index contributed by atoms with van der Waals surface area (Å²) < 4.78 is 12.2. The van der Waals surface area contributed by atoms with Crippen molar-refractivity contribution in [3.8, 4) is 0 Å². The summed E-state index contributed by atoms with van der Waals surface area (Å²) in [4.78, 5) is 0. The normalized spacial score (nSPS) is 13.7. The zero-order valence-corrected chi connectivity index (χ0v) is 6.07. The van der Waals surface area contributed by atoms with E-state index in [4.69, 9.17) is 16.7 Å². The van der Waals surface area contributed by atoms with E-state index in [1.165, 1.54) is 0 Å². The second-order valence-electron chi connectivity index (χ2n) is 1.96. The van der Waals surface area contributed by atoms with Crippen molar-refractivity contribution < 1.29 is 9.50 Å². The molecule has 0 saturated carbocycles. The zero-order valence-electron chi connectivity index (χ0n) is 5.32. The number of aliphatic hydroxyl groups excluding tert-OH is 1. The van der Waals surface area contributed by atoms with Crippen LogP contribution in [0.15, 0.2) is 0 Å². The van der Waals surface area contributed by atoms with E-state index in [0.717, 1.165) is 12.8 Å². The molecule has 1 N–H and O–H groups in total. The van der Waals surface area contributed by atoms with Crippen LogP contribution in [0.4, 0.5) is 4.39 Å². The van der Waals surface area contributed by atoms with Crippen LogP contribution in [-0.2, 0) is 0 Å². The Kier molecular flexibility index (Phi) is 6.43. The van der Waals surface area contributed by atoms with Crippen molar-refractivity contribution in [2.45, 2.75) is 25.4 Å². The minimum Gasteiger partial charge on any atom is -0.393 e. The van der Waals surface area contributed by atoms with Crippen molar-refractivity contribution in [3.05, 3.63) is 0 Å². The zero-order chi connectivity index (χ0) is 7.11. The summed E-state index contributed by atoms with van der Waals surface area (Å²) in [5.41, 5.74) is 0. The first-order valence-electron chi connectivity index (χ1n) is 3.12. The first kappa shape index (κ1) is 9.18. The van der Waals surface area contributed by atoms with Gasteiger partial charge >= 0.3 is 0 Å². The van der Waals surface area contributed by atoms with E-state index in [1.54, 1.807) is 0 Å². The average Bonchev–Trinajstić information content (AvgIpc) is 1.89. The van der Waals surface area contributed by atoms with Gasteiger partial charge in [-0.1, -0.05) is 0 Å². The number of halogens is 2. The van der Waals surface area contributed by atoms with Crippen LogP contribution in [0.3, 0.4) is 0 Å². The molecule has 9 heavy (non-hydrogen) atoms. The van der Waals surface area contributed by atoms with Gasteiger partial charge in [0.05, 0.1) is 6.61 Å². The molecule has 1 atom stereocenters. The van der Waals surface area contributed by atoms with Gasteiger partial charge in [-0.15, -0.1) is 11.6 Å². The highest BCUT2D eigenvalue weighted by atomic mass is 35.5. The summed E-state index contributed by atoms with van der Waals surface area (Å²) >= 11 is 5.34. The van der Waals surface area contributed by atoms with E-state index in [9.17, 15) is 4.39 Å². The number of alkyl halides is 2. The highest BCUT2D eigenvalue weighted by molar-refractivity contribution is 6.17. The lowest BCUT2D eigenvalue weighted by atomic mass is 10.2. The molecule has 0 spiro atoms. The van der Waals surface area contributed by atoms with Gasteiger partial charge in [0, 0.05) is 5.88 Å². The third-order valence-electron chi connectivity index (χ3n) is 1.10. The Bertz CT molecular complexity index is 61.0. The van der Waals surface area contributed by atoms with Crippen LogP contribution in [0.5, 0.6) is 0 Å². The highest BCUT2D eigenvalue weighted by Gasteiger charge is 2.01. The van der Waals surface area contributed by atoms with Crippen LogP contribution in [0, 0.1) is 0 Å². The highest BCUT2D eigenvalue weighted by Crippen LogP contribution is 2.03. The molecule has 0 aliphatic rings. The molecule has 0 aromatic carbocycles. The smallest absolute Gasteiger partial charge is 0.123 e. The van der Waals surface area contributed by atoms with Crippen molar-refractivity contribution in [3.63, 3.8) is 0 Å². The lowest BCUT2D eigenvalue weighted by molar-refractivity contribution is 0.168. The molecule has 0 aliphatic carbocycles.